The van der Waals surface area contributed by atoms with Crippen molar-refractivity contribution in [1.82, 2.24) is 20.4 Å². The molecule has 164 valence electrons. The SMILES string of the molecule is CN=C(NCc1c(C)nn(CCOC)c1C)NC1CCN(c2ccccc2OC)C1. The number of aromatic nitrogens is 2. The van der Waals surface area contributed by atoms with Gasteiger partial charge in [-0.2, -0.15) is 5.10 Å². The minimum absolute atomic E-state index is 0.327. The first-order valence-corrected chi connectivity index (χ1v) is 10.4. The maximum absolute atomic E-state index is 5.52. The summed E-state index contributed by atoms with van der Waals surface area (Å²) >= 11 is 0. The summed E-state index contributed by atoms with van der Waals surface area (Å²) < 4.78 is 12.7. The number of hydrogen-bond donors (Lipinski definition) is 2. The van der Waals surface area contributed by atoms with Crippen LogP contribution in [0.3, 0.4) is 0 Å². The van der Waals surface area contributed by atoms with Crippen LogP contribution in [-0.2, 0) is 17.8 Å². The molecule has 1 aromatic carbocycles. The first-order chi connectivity index (χ1) is 14.6. The summed E-state index contributed by atoms with van der Waals surface area (Å²) in [4.78, 5) is 6.78. The van der Waals surface area contributed by atoms with Crippen LogP contribution in [0.2, 0.25) is 0 Å². The Labute approximate surface area is 179 Å². The van der Waals surface area contributed by atoms with Crippen molar-refractivity contribution >= 4 is 11.6 Å². The van der Waals surface area contributed by atoms with Crippen molar-refractivity contribution in [3.05, 3.63) is 41.2 Å². The third-order valence-electron chi connectivity index (χ3n) is 5.65. The molecule has 0 spiro atoms. The smallest absolute Gasteiger partial charge is 0.191 e. The fourth-order valence-electron chi connectivity index (χ4n) is 3.93. The lowest BCUT2D eigenvalue weighted by Gasteiger charge is -2.22. The fraction of sp³-hybridized carbons (Fsp3) is 0.545. The zero-order valence-corrected chi connectivity index (χ0v) is 18.7. The van der Waals surface area contributed by atoms with E-state index in [1.807, 2.05) is 30.8 Å². The molecule has 1 saturated heterocycles. The Bertz CT molecular complexity index is 863. The Morgan fingerprint density at radius 3 is 2.80 bits per heavy atom. The molecule has 0 radical (unpaired) electrons. The Morgan fingerprint density at radius 2 is 2.07 bits per heavy atom. The number of aryl methyl sites for hydroxylation is 1. The minimum Gasteiger partial charge on any atom is -0.495 e. The summed E-state index contributed by atoms with van der Waals surface area (Å²) in [5.41, 5.74) is 4.54. The van der Waals surface area contributed by atoms with Crippen LogP contribution in [0.25, 0.3) is 0 Å². The monoisotopic (exact) mass is 414 g/mol. The van der Waals surface area contributed by atoms with Crippen LogP contribution in [0, 0.1) is 13.8 Å². The number of ether oxygens (including phenoxy) is 2. The third-order valence-corrected chi connectivity index (χ3v) is 5.65. The van der Waals surface area contributed by atoms with Crippen molar-refractivity contribution < 1.29 is 9.47 Å². The van der Waals surface area contributed by atoms with E-state index in [1.165, 1.54) is 5.56 Å². The number of methoxy groups -OCH3 is 2. The predicted octanol–water partition coefficient (Wildman–Crippen LogP) is 2.10. The molecule has 0 aliphatic carbocycles. The summed E-state index contributed by atoms with van der Waals surface area (Å²) in [6.45, 7) is 8.15. The molecule has 8 heteroatoms. The lowest BCUT2D eigenvalue weighted by molar-refractivity contribution is 0.182. The lowest BCUT2D eigenvalue weighted by Crippen LogP contribution is -2.44. The number of rotatable bonds is 8. The Hall–Kier alpha value is -2.74. The normalized spacial score (nSPS) is 16.8. The lowest BCUT2D eigenvalue weighted by atomic mass is 10.2. The molecular formula is C22H34N6O2. The van der Waals surface area contributed by atoms with Gasteiger partial charge in [0.15, 0.2) is 5.96 Å². The van der Waals surface area contributed by atoms with Gasteiger partial charge in [-0.25, -0.2) is 0 Å². The average Bonchev–Trinajstić information content (AvgIpc) is 3.33. The molecule has 1 aliphatic heterocycles. The Morgan fingerprint density at radius 1 is 1.27 bits per heavy atom. The van der Waals surface area contributed by atoms with Crippen LogP contribution < -0.4 is 20.3 Å². The third kappa shape index (κ3) is 5.05. The van der Waals surface area contributed by atoms with Gasteiger partial charge in [0.2, 0.25) is 0 Å². The van der Waals surface area contributed by atoms with Crippen LogP contribution in [-0.4, -0.2) is 62.7 Å². The van der Waals surface area contributed by atoms with Gasteiger partial charge in [-0.05, 0) is 32.4 Å². The number of para-hydroxylation sites is 2. The molecule has 2 aromatic rings. The van der Waals surface area contributed by atoms with Crippen molar-refractivity contribution in [1.29, 1.82) is 0 Å². The van der Waals surface area contributed by atoms with Crippen LogP contribution in [0.4, 0.5) is 5.69 Å². The second-order valence-corrected chi connectivity index (χ2v) is 7.54. The molecule has 1 unspecified atom stereocenters. The number of hydrogen-bond acceptors (Lipinski definition) is 5. The second-order valence-electron chi connectivity index (χ2n) is 7.54. The van der Waals surface area contributed by atoms with Crippen LogP contribution in [0.1, 0.15) is 23.4 Å². The van der Waals surface area contributed by atoms with E-state index in [0.717, 1.165) is 54.8 Å². The second kappa shape index (κ2) is 10.3. The van der Waals surface area contributed by atoms with E-state index in [-0.39, 0.29) is 0 Å². The summed E-state index contributed by atoms with van der Waals surface area (Å²) in [7, 11) is 5.24. The van der Waals surface area contributed by atoms with Crippen LogP contribution in [0.15, 0.2) is 29.3 Å². The number of aliphatic imine (C=N–C) groups is 1. The van der Waals surface area contributed by atoms with E-state index in [0.29, 0.717) is 19.2 Å². The van der Waals surface area contributed by atoms with Crippen molar-refractivity contribution in [3.63, 3.8) is 0 Å². The maximum Gasteiger partial charge on any atom is 0.191 e. The molecule has 3 rings (SSSR count). The van der Waals surface area contributed by atoms with Gasteiger partial charge in [-0.3, -0.25) is 9.67 Å². The van der Waals surface area contributed by atoms with Gasteiger partial charge in [-0.1, -0.05) is 12.1 Å². The first kappa shape index (κ1) is 22.0. The van der Waals surface area contributed by atoms with E-state index < -0.39 is 0 Å². The van der Waals surface area contributed by atoms with E-state index >= 15 is 0 Å². The van der Waals surface area contributed by atoms with Gasteiger partial charge in [0.1, 0.15) is 5.75 Å². The van der Waals surface area contributed by atoms with Crippen LogP contribution >= 0.6 is 0 Å². The highest BCUT2D eigenvalue weighted by molar-refractivity contribution is 5.80. The molecule has 8 nitrogen and oxygen atoms in total. The molecule has 0 saturated carbocycles. The molecule has 0 amide bonds. The van der Waals surface area contributed by atoms with Gasteiger partial charge in [-0.15, -0.1) is 0 Å². The average molecular weight is 415 g/mol. The van der Waals surface area contributed by atoms with E-state index in [2.05, 4.69) is 44.7 Å². The van der Waals surface area contributed by atoms with Crippen molar-refractivity contribution in [2.24, 2.45) is 4.99 Å². The molecule has 0 bridgehead atoms. The number of nitrogens with zero attached hydrogens (tertiary/aromatic N) is 4. The highest BCUT2D eigenvalue weighted by Crippen LogP contribution is 2.30. The minimum atomic E-state index is 0.327. The molecule has 2 N–H and O–H groups in total. The largest absolute Gasteiger partial charge is 0.495 e. The summed E-state index contributed by atoms with van der Waals surface area (Å²) in [5.74, 6) is 1.72. The molecule has 30 heavy (non-hydrogen) atoms. The summed E-state index contributed by atoms with van der Waals surface area (Å²) in [6.07, 6.45) is 1.05. The Balaban J connectivity index is 1.56. The van der Waals surface area contributed by atoms with E-state index in [1.54, 1.807) is 14.2 Å². The summed E-state index contributed by atoms with van der Waals surface area (Å²) in [5, 5.41) is 11.6. The first-order valence-electron chi connectivity index (χ1n) is 10.4. The Kier molecular flexibility index (Phi) is 7.57. The van der Waals surface area contributed by atoms with E-state index in [4.69, 9.17) is 9.47 Å². The molecule has 1 aliphatic rings. The van der Waals surface area contributed by atoms with Crippen molar-refractivity contribution in [2.45, 2.75) is 39.4 Å². The van der Waals surface area contributed by atoms with Crippen molar-refractivity contribution in [3.8, 4) is 5.75 Å². The van der Waals surface area contributed by atoms with Gasteiger partial charge in [0, 0.05) is 51.1 Å². The molecule has 1 aromatic heterocycles. The van der Waals surface area contributed by atoms with Gasteiger partial charge >= 0.3 is 0 Å². The van der Waals surface area contributed by atoms with E-state index in [9.17, 15) is 0 Å². The molecular weight excluding hydrogens is 380 g/mol. The van der Waals surface area contributed by atoms with Crippen molar-refractivity contribution in [2.75, 3.05) is 45.9 Å². The zero-order valence-electron chi connectivity index (χ0n) is 18.7. The topological polar surface area (TPSA) is 75.9 Å². The van der Waals surface area contributed by atoms with Crippen LogP contribution in [0.5, 0.6) is 5.75 Å². The molecule has 2 heterocycles. The molecule has 1 atom stereocenters. The number of nitrogens with one attached hydrogen (secondary N) is 2. The standard InChI is InChI=1S/C22H34N6O2/c1-16-19(17(2)28(26-16)12-13-29-4)14-24-22(23-3)25-18-10-11-27(15-18)20-8-6-7-9-21(20)30-5/h6-9,18H,10-15H2,1-5H3,(H2,23,24,25). The predicted molar refractivity (Wildman–Crippen MR) is 121 cm³/mol. The fourth-order valence-corrected chi connectivity index (χ4v) is 3.93. The quantitative estimate of drug-likeness (QED) is 0.509. The number of benzene rings is 1. The van der Waals surface area contributed by atoms with Gasteiger partial charge in [0.05, 0.1) is 31.6 Å². The van der Waals surface area contributed by atoms with Gasteiger partial charge in [0.25, 0.3) is 0 Å². The van der Waals surface area contributed by atoms with Gasteiger partial charge < -0.3 is 25.0 Å². The highest BCUT2D eigenvalue weighted by Gasteiger charge is 2.25. The number of anilines is 1. The number of guanidine groups is 1. The highest BCUT2D eigenvalue weighted by atomic mass is 16.5. The maximum atomic E-state index is 5.52. The molecule has 1 fully saturated rings. The zero-order chi connectivity index (χ0) is 21.5. The summed E-state index contributed by atoms with van der Waals surface area (Å²) in [6, 6.07) is 8.50.